The second kappa shape index (κ2) is 5.24. The third kappa shape index (κ3) is 2.82. The molecule has 0 saturated heterocycles. The first-order valence-electron chi connectivity index (χ1n) is 5.74. The molecule has 2 aromatic rings. The van der Waals surface area contributed by atoms with E-state index >= 15 is 0 Å². The van der Waals surface area contributed by atoms with Gasteiger partial charge in [-0.1, -0.05) is 15.9 Å². The highest BCUT2D eigenvalue weighted by Crippen LogP contribution is 2.25. The molecule has 0 aliphatic rings. The molecule has 1 unspecified atom stereocenters. The van der Waals surface area contributed by atoms with Gasteiger partial charge in [0.1, 0.15) is 17.3 Å². The van der Waals surface area contributed by atoms with Gasteiger partial charge < -0.3 is 10.2 Å². The maximum Gasteiger partial charge on any atom is 0.126 e. The minimum Gasteiger partial charge on any atom is -0.466 e. The molecule has 96 valence electrons. The summed E-state index contributed by atoms with van der Waals surface area (Å²) < 4.78 is 19.9. The third-order valence-electron chi connectivity index (χ3n) is 2.93. The van der Waals surface area contributed by atoms with Gasteiger partial charge in [0.2, 0.25) is 0 Å². The van der Waals surface area contributed by atoms with Crippen LogP contribution in [0, 0.1) is 19.7 Å². The smallest absolute Gasteiger partial charge is 0.126 e. The van der Waals surface area contributed by atoms with Crippen LogP contribution < -0.4 is 5.73 Å². The molecule has 0 fully saturated rings. The summed E-state index contributed by atoms with van der Waals surface area (Å²) in [6.45, 7) is 3.75. The van der Waals surface area contributed by atoms with E-state index in [0.29, 0.717) is 12.0 Å². The van der Waals surface area contributed by atoms with Crippen LogP contribution in [0.1, 0.15) is 28.7 Å². The van der Waals surface area contributed by atoms with Crippen LogP contribution >= 0.6 is 15.9 Å². The van der Waals surface area contributed by atoms with E-state index in [9.17, 15) is 4.39 Å². The first-order chi connectivity index (χ1) is 8.47. The van der Waals surface area contributed by atoms with Crippen LogP contribution in [0.15, 0.2) is 33.2 Å². The number of hydrogen-bond acceptors (Lipinski definition) is 2. The van der Waals surface area contributed by atoms with Crippen molar-refractivity contribution in [3.05, 3.63) is 57.2 Å². The summed E-state index contributed by atoms with van der Waals surface area (Å²) in [7, 11) is 0. The highest BCUT2D eigenvalue weighted by Gasteiger charge is 2.15. The highest BCUT2D eigenvalue weighted by atomic mass is 79.9. The zero-order valence-electron chi connectivity index (χ0n) is 10.3. The summed E-state index contributed by atoms with van der Waals surface area (Å²) >= 11 is 3.34. The largest absolute Gasteiger partial charge is 0.466 e. The Labute approximate surface area is 114 Å². The Hall–Kier alpha value is -1.13. The summed E-state index contributed by atoms with van der Waals surface area (Å²) in [4.78, 5) is 0. The van der Waals surface area contributed by atoms with Crippen molar-refractivity contribution in [1.82, 2.24) is 0 Å². The summed E-state index contributed by atoms with van der Waals surface area (Å²) in [5, 5.41) is 0. The molecular formula is C14H15BrFNO. The molecule has 2 N–H and O–H groups in total. The molecule has 0 amide bonds. The molecule has 0 radical (unpaired) electrons. The van der Waals surface area contributed by atoms with Gasteiger partial charge in [0.25, 0.3) is 0 Å². The van der Waals surface area contributed by atoms with Crippen molar-refractivity contribution in [2.45, 2.75) is 26.3 Å². The molecule has 2 nitrogen and oxygen atoms in total. The molecule has 18 heavy (non-hydrogen) atoms. The standard InChI is InChI=1S/C14H15BrFNO/c1-8-5-12(9(2)18-8)14(17)7-10-6-11(15)3-4-13(10)16/h3-6,14H,7,17H2,1-2H3. The van der Waals surface area contributed by atoms with E-state index < -0.39 is 0 Å². The van der Waals surface area contributed by atoms with Gasteiger partial charge in [-0.05, 0) is 50.1 Å². The fourth-order valence-electron chi connectivity index (χ4n) is 2.07. The summed E-state index contributed by atoms with van der Waals surface area (Å²) in [5.41, 5.74) is 7.66. The summed E-state index contributed by atoms with van der Waals surface area (Å²) in [6, 6.07) is 6.54. The lowest BCUT2D eigenvalue weighted by atomic mass is 9.99. The Balaban J connectivity index is 2.23. The van der Waals surface area contributed by atoms with E-state index in [1.165, 1.54) is 6.07 Å². The van der Waals surface area contributed by atoms with Crippen molar-refractivity contribution in [3.63, 3.8) is 0 Å². The zero-order chi connectivity index (χ0) is 13.3. The number of halogens is 2. The van der Waals surface area contributed by atoms with Crippen LogP contribution in [0.2, 0.25) is 0 Å². The Bertz CT molecular complexity index is 565. The van der Waals surface area contributed by atoms with Crippen molar-refractivity contribution in [1.29, 1.82) is 0 Å². The maximum atomic E-state index is 13.7. The number of furan rings is 1. The molecule has 1 atom stereocenters. The second-order valence-corrected chi connectivity index (χ2v) is 5.33. The van der Waals surface area contributed by atoms with E-state index in [0.717, 1.165) is 21.6 Å². The number of hydrogen-bond donors (Lipinski definition) is 1. The molecular weight excluding hydrogens is 297 g/mol. The van der Waals surface area contributed by atoms with Crippen LogP contribution in [0.4, 0.5) is 4.39 Å². The third-order valence-corrected chi connectivity index (χ3v) is 3.42. The van der Waals surface area contributed by atoms with E-state index in [2.05, 4.69) is 15.9 Å². The Morgan fingerprint density at radius 2 is 2.06 bits per heavy atom. The topological polar surface area (TPSA) is 39.2 Å². The number of nitrogens with two attached hydrogens (primary N) is 1. The zero-order valence-corrected chi connectivity index (χ0v) is 11.9. The number of benzene rings is 1. The van der Waals surface area contributed by atoms with Crippen molar-refractivity contribution in [2.24, 2.45) is 5.73 Å². The summed E-state index contributed by atoms with van der Waals surface area (Å²) in [6.07, 6.45) is 0.449. The Morgan fingerprint density at radius 3 is 2.67 bits per heavy atom. The van der Waals surface area contributed by atoms with Crippen LogP contribution in [-0.2, 0) is 6.42 Å². The van der Waals surface area contributed by atoms with E-state index in [1.807, 2.05) is 19.9 Å². The van der Waals surface area contributed by atoms with Gasteiger partial charge in [-0.15, -0.1) is 0 Å². The predicted molar refractivity (Wildman–Crippen MR) is 72.9 cm³/mol. The molecule has 1 heterocycles. The van der Waals surface area contributed by atoms with E-state index in [1.54, 1.807) is 12.1 Å². The normalized spacial score (nSPS) is 12.7. The van der Waals surface area contributed by atoms with Crippen molar-refractivity contribution < 1.29 is 8.81 Å². The number of rotatable bonds is 3. The van der Waals surface area contributed by atoms with Crippen LogP contribution in [0.25, 0.3) is 0 Å². The maximum absolute atomic E-state index is 13.7. The van der Waals surface area contributed by atoms with Gasteiger partial charge in [-0.25, -0.2) is 4.39 Å². The molecule has 0 bridgehead atoms. The highest BCUT2D eigenvalue weighted by molar-refractivity contribution is 9.10. The predicted octanol–water partition coefficient (Wildman–Crippen LogP) is 4.04. The van der Waals surface area contributed by atoms with Gasteiger partial charge in [0.15, 0.2) is 0 Å². The van der Waals surface area contributed by atoms with Crippen molar-refractivity contribution in [2.75, 3.05) is 0 Å². The second-order valence-electron chi connectivity index (χ2n) is 4.41. The Morgan fingerprint density at radius 1 is 1.33 bits per heavy atom. The molecule has 1 aromatic carbocycles. The lowest BCUT2D eigenvalue weighted by molar-refractivity contribution is 0.496. The lowest BCUT2D eigenvalue weighted by Crippen LogP contribution is -2.14. The van der Waals surface area contributed by atoms with Crippen molar-refractivity contribution in [3.8, 4) is 0 Å². The van der Waals surface area contributed by atoms with Gasteiger partial charge in [0, 0.05) is 16.1 Å². The van der Waals surface area contributed by atoms with Crippen molar-refractivity contribution >= 4 is 15.9 Å². The van der Waals surface area contributed by atoms with Crippen LogP contribution in [0.3, 0.4) is 0 Å². The SMILES string of the molecule is Cc1cc(C(N)Cc2cc(Br)ccc2F)c(C)o1. The Kier molecular flexibility index (Phi) is 3.88. The van der Waals surface area contributed by atoms with Crippen LogP contribution in [-0.4, -0.2) is 0 Å². The van der Waals surface area contributed by atoms with E-state index in [4.69, 9.17) is 10.2 Å². The molecule has 0 aliphatic heterocycles. The molecule has 1 aromatic heterocycles. The van der Waals surface area contributed by atoms with Gasteiger partial charge in [-0.2, -0.15) is 0 Å². The fourth-order valence-corrected chi connectivity index (χ4v) is 2.47. The molecule has 2 rings (SSSR count). The first-order valence-corrected chi connectivity index (χ1v) is 6.53. The minimum absolute atomic E-state index is 0.230. The lowest BCUT2D eigenvalue weighted by Gasteiger charge is -2.11. The monoisotopic (exact) mass is 311 g/mol. The first kappa shape index (κ1) is 13.3. The van der Waals surface area contributed by atoms with E-state index in [-0.39, 0.29) is 11.9 Å². The van der Waals surface area contributed by atoms with Gasteiger partial charge in [-0.3, -0.25) is 0 Å². The molecule has 0 spiro atoms. The number of aryl methyl sites for hydroxylation is 2. The van der Waals surface area contributed by atoms with Crippen LogP contribution in [0.5, 0.6) is 0 Å². The molecule has 0 saturated carbocycles. The molecule has 0 aliphatic carbocycles. The molecule has 4 heteroatoms. The average Bonchev–Trinajstić information content (AvgIpc) is 2.63. The van der Waals surface area contributed by atoms with Gasteiger partial charge in [0.05, 0.1) is 0 Å². The summed E-state index contributed by atoms with van der Waals surface area (Å²) in [5.74, 6) is 1.40. The minimum atomic E-state index is -0.258. The fraction of sp³-hybridized carbons (Fsp3) is 0.286. The quantitative estimate of drug-likeness (QED) is 0.929. The average molecular weight is 312 g/mol. The van der Waals surface area contributed by atoms with Gasteiger partial charge >= 0.3 is 0 Å².